The molecule has 14 heavy (non-hydrogen) atoms. The van der Waals surface area contributed by atoms with E-state index in [1.807, 2.05) is 0 Å². The van der Waals surface area contributed by atoms with Crippen LogP contribution in [0.25, 0.3) is 0 Å². The summed E-state index contributed by atoms with van der Waals surface area (Å²) in [5, 5.41) is 1.20. The fourth-order valence-corrected chi connectivity index (χ4v) is 1.99. The Morgan fingerprint density at radius 1 is 1.14 bits per heavy atom. The molecule has 1 rings (SSSR count). The Bertz CT molecular complexity index is 407. The van der Waals surface area contributed by atoms with Gasteiger partial charge in [-0.25, -0.2) is 8.42 Å². The maximum Gasteiger partial charge on any atom is 0.201 e. The molecule has 0 radical (unpaired) electrons. The maximum atomic E-state index is 11.6. The third-order valence-electron chi connectivity index (χ3n) is 1.61. The zero-order valence-electron chi connectivity index (χ0n) is 8.21. The molecule has 0 amide bonds. The number of nitrogens with zero attached hydrogens (tertiary/aromatic N) is 1. The first-order chi connectivity index (χ1) is 6.52. The van der Waals surface area contributed by atoms with Gasteiger partial charge in [-0.3, -0.25) is 0 Å². The molecule has 0 spiro atoms. The van der Waals surface area contributed by atoms with Crippen LogP contribution in [-0.2, 0) is 9.84 Å². The minimum absolute atomic E-state index is 0.318. The lowest BCUT2D eigenvalue weighted by Crippen LogP contribution is -2.03. The Morgan fingerprint density at radius 2 is 1.71 bits per heavy atom. The molecule has 4 heteroatoms. The van der Waals surface area contributed by atoms with Crippen molar-refractivity contribution in [1.29, 1.82) is 0 Å². The second-order valence-corrected chi connectivity index (χ2v) is 4.94. The van der Waals surface area contributed by atoms with Gasteiger partial charge < -0.3 is 4.90 Å². The van der Waals surface area contributed by atoms with Crippen LogP contribution in [0.1, 0.15) is 0 Å². The summed E-state index contributed by atoms with van der Waals surface area (Å²) >= 11 is 0. The summed E-state index contributed by atoms with van der Waals surface area (Å²) < 4.78 is 23.2. The summed E-state index contributed by atoms with van der Waals surface area (Å²) in [6.45, 7) is 0. The van der Waals surface area contributed by atoms with Gasteiger partial charge in [-0.15, -0.1) is 0 Å². The minimum atomic E-state index is -3.28. The number of hydrogen-bond acceptors (Lipinski definition) is 3. The molecule has 0 heterocycles. The zero-order chi connectivity index (χ0) is 10.6. The highest BCUT2D eigenvalue weighted by molar-refractivity contribution is 7.94. The first-order valence-corrected chi connectivity index (χ1v) is 5.72. The molecule has 0 aromatic heterocycles. The van der Waals surface area contributed by atoms with Gasteiger partial charge in [0.15, 0.2) is 0 Å². The lowest BCUT2D eigenvalue weighted by atomic mass is 10.4. The van der Waals surface area contributed by atoms with Crippen LogP contribution in [0, 0.1) is 0 Å². The molecular weight excluding hydrogens is 198 g/mol. The number of sulfone groups is 1. The Morgan fingerprint density at radius 3 is 2.21 bits per heavy atom. The van der Waals surface area contributed by atoms with Gasteiger partial charge in [0, 0.05) is 20.3 Å². The van der Waals surface area contributed by atoms with Crippen LogP contribution in [0.3, 0.4) is 0 Å². The monoisotopic (exact) mass is 211 g/mol. The molecule has 0 atom stereocenters. The summed E-state index contributed by atoms with van der Waals surface area (Å²) in [7, 11) is 0.272. The Hall–Kier alpha value is -1.29. The highest BCUT2D eigenvalue weighted by atomic mass is 32.2. The maximum absolute atomic E-state index is 11.6. The van der Waals surface area contributed by atoms with E-state index in [4.69, 9.17) is 0 Å². The minimum Gasteiger partial charge on any atom is -0.383 e. The quantitative estimate of drug-likeness (QED) is 0.760. The van der Waals surface area contributed by atoms with E-state index in [0.717, 1.165) is 0 Å². The molecule has 0 saturated heterocycles. The fraction of sp³-hybridized carbons (Fsp3) is 0.200. The van der Waals surface area contributed by atoms with Gasteiger partial charge in [-0.1, -0.05) is 18.2 Å². The fourth-order valence-electron chi connectivity index (χ4n) is 0.891. The molecular formula is C10H13NO2S. The first-order valence-electron chi connectivity index (χ1n) is 4.17. The molecule has 3 nitrogen and oxygen atoms in total. The van der Waals surface area contributed by atoms with Gasteiger partial charge >= 0.3 is 0 Å². The second kappa shape index (κ2) is 4.28. The predicted molar refractivity (Wildman–Crippen MR) is 56.5 cm³/mol. The summed E-state index contributed by atoms with van der Waals surface area (Å²) in [6, 6.07) is 8.35. The summed E-state index contributed by atoms with van der Waals surface area (Å²) in [5.41, 5.74) is 0. The average molecular weight is 211 g/mol. The summed E-state index contributed by atoms with van der Waals surface area (Å²) in [6.07, 6.45) is 1.52. The second-order valence-electron chi connectivity index (χ2n) is 3.11. The molecule has 76 valence electrons. The van der Waals surface area contributed by atoms with Crippen molar-refractivity contribution in [1.82, 2.24) is 4.90 Å². The highest BCUT2D eigenvalue weighted by Crippen LogP contribution is 2.10. The van der Waals surface area contributed by atoms with Gasteiger partial charge in [0.25, 0.3) is 0 Å². The SMILES string of the molecule is CN(C)/C=C/S(=O)(=O)c1ccccc1. The van der Waals surface area contributed by atoms with Crippen molar-refractivity contribution in [2.24, 2.45) is 0 Å². The van der Waals surface area contributed by atoms with Crippen LogP contribution >= 0.6 is 0 Å². The van der Waals surface area contributed by atoms with Crippen LogP contribution in [0.15, 0.2) is 46.8 Å². The van der Waals surface area contributed by atoms with Gasteiger partial charge in [0.05, 0.1) is 10.3 Å². The first kappa shape index (κ1) is 10.8. The molecule has 0 aliphatic rings. The topological polar surface area (TPSA) is 37.4 Å². The van der Waals surface area contributed by atoms with E-state index in [-0.39, 0.29) is 0 Å². The molecule has 0 fully saturated rings. The predicted octanol–water partition coefficient (Wildman–Crippen LogP) is 1.49. The molecule has 1 aromatic carbocycles. The van der Waals surface area contributed by atoms with Crippen LogP contribution in [0.4, 0.5) is 0 Å². The molecule has 0 bridgehead atoms. The van der Waals surface area contributed by atoms with E-state index in [2.05, 4.69) is 0 Å². The average Bonchev–Trinajstić information content (AvgIpc) is 2.16. The Labute approximate surface area is 84.6 Å². The number of benzene rings is 1. The third-order valence-corrected chi connectivity index (χ3v) is 3.02. The van der Waals surface area contributed by atoms with E-state index < -0.39 is 9.84 Å². The Balaban J connectivity index is 2.99. The van der Waals surface area contributed by atoms with Gasteiger partial charge in [-0.2, -0.15) is 0 Å². The van der Waals surface area contributed by atoms with Crippen molar-refractivity contribution in [3.05, 3.63) is 41.9 Å². The molecule has 0 aliphatic carbocycles. The van der Waals surface area contributed by atoms with Crippen LogP contribution in [-0.4, -0.2) is 27.4 Å². The molecule has 0 saturated carbocycles. The van der Waals surface area contributed by atoms with E-state index in [9.17, 15) is 8.42 Å². The summed E-state index contributed by atoms with van der Waals surface area (Å²) in [4.78, 5) is 2.00. The van der Waals surface area contributed by atoms with Gasteiger partial charge in [0.2, 0.25) is 9.84 Å². The third kappa shape index (κ3) is 2.88. The van der Waals surface area contributed by atoms with Crippen LogP contribution < -0.4 is 0 Å². The number of hydrogen-bond donors (Lipinski definition) is 0. The van der Waals surface area contributed by atoms with Crippen molar-refractivity contribution >= 4 is 9.84 Å². The standard InChI is InChI=1S/C10H13NO2S/c1-11(2)8-9-14(12,13)10-6-4-3-5-7-10/h3-9H,1-2H3/b9-8+. The van der Waals surface area contributed by atoms with E-state index >= 15 is 0 Å². The van der Waals surface area contributed by atoms with Gasteiger partial charge in [-0.05, 0) is 12.1 Å². The van der Waals surface area contributed by atoms with Crippen LogP contribution in [0.2, 0.25) is 0 Å². The van der Waals surface area contributed by atoms with Crippen molar-refractivity contribution in [3.8, 4) is 0 Å². The number of rotatable bonds is 3. The normalized spacial score (nSPS) is 11.9. The smallest absolute Gasteiger partial charge is 0.201 e. The largest absolute Gasteiger partial charge is 0.383 e. The van der Waals surface area contributed by atoms with E-state index in [1.165, 1.54) is 11.6 Å². The summed E-state index contributed by atoms with van der Waals surface area (Å²) in [5.74, 6) is 0. The zero-order valence-corrected chi connectivity index (χ0v) is 9.03. The highest BCUT2D eigenvalue weighted by Gasteiger charge is 2.08. The lowest BCUT2D eigenvalue weighted by Gasteiger charge is -2.03. The van der Waals surface area contributed by atoms with Crippen LogP contribution in [0.5, 0.6) is 0 Å². The van der Waals surface area contributed by atoms with Crippen molar-refractivity contribution in [2.75, 3.05) is 14.1 Å². The van der Waals surface area contributed by atoms with Crippen molar-refractivity contribution < 1.29 is 8.42 Å². The molecule has 0 unspecified atom stereocenters. The van der Waals surface area contributed by atoms with E-state index in [0.29, 0.717) is 4.90 Å². The Kier molecular flexibility index (Phi) is 3.30. The van der Waals surface area contributed by atoms with Crippen molar-refractivity contribution in [3.63, 3.8) is 0 Å². The molecule has 0 N–H and O–H groups in total. The van der Waals surface area contributed by atoms with Gasteiger partial charge in [0.1, 0.15) is 0 Å². The van der Waals surface area contributed by atoms with Crippen molar-refractivity contribution in [2.45, 2.75) is 4.90 Å². The lowest BCUT2D eigenvalue weighted by molar-refractivity contribution is 0.562. The molecule has 1 aromatic rings. The molecule has 0 aliphatic heterocycles. The van der Waals surface area contributed by atoms with E-state index in [1.54, 1.807) is 49.3 Å².